The van der Waals surface area contributed by atoms with E-state index in [0.29, 0.717) is 0 Å². The summed E-state index contributed by atoms with van der Waals surface area (Å²) in [6.07, 6.45) is 10.4. The smallest absolute Gasteiger partial charge is 0.0152 e. The van der Waals surface area contributed by atoms with Crippen LogP contribution in [0.5, 0.6) is 0 Å². The second-order valence-corrected chi connectivity index (χ2v) is 10.4. The summed E-state index contributed by atoms with van der Waals surface area (Å²) in [5.74, 6) is 1.68. The fraction of sp³-hybridized carbons (Fsp3) is 0.438. The maximum atomic E-state index is 2.49. The molecule has 1 aliphatic carbocycles. The van der Waals surface area contributed by atoms with Crippen molar-refractivity contribution in [3.8, 4) is 11.1 Å². The van der Waals surface area contributed by atoms with Crippen LogP contribution in [0.15, 0.2) is 60.7 Å². The van der Waals surface area contributed by atoms with Gasteiger partial charge in [-0.2, -0.15) is 0 Å². The predicted octanol–water partition coefficient (Wildman–Crippen LogP) is 9.14. The van der Waals surface area contributed by atoms with Crippen molar-refractivity contribution >= 4 is 0 Å². The molecule has 32 heavy (non-hydrogen) atoms. The van der Waals surface area contributed by atoms with Gasteiger partial charge >= 0.3 is 0 Å². The second kappa shape index (κ2) is 10.5. The summed E-state index contributed by atoms with van der Waals surface area (Å²) in [6.45, 7) is 9.17. The van der Waals surface area contributed by atoms with Gasteiger partial charge in [0.05, 0.1) is 0 Å². The van der Waals surface area contributed by atoms with E-state index in [1.54, 1.807) is 5.56 Å². The Morgan fingerprint density at radius 1 is 0.656 bits per heavy atom. The van der Waals surface area contributed by atoms with E-state index >= 15 is 0 Å². The van der Waals surface area contributed by atoms with Gasteiger partial charge in [0.15, 0.2) is 0 Å². The number of benzene rings is 3. The van der Waals surface area contributed by atoms with Crippen molar-refractivity contribution in [2.24, 2.45) is 5.92 Å². The van der Waals surface area contributed by atoms with Crippen LogP contribution in [0, 0.1) is 26.7 Å². The van der Waals surface area contributed by atoms with Gasteiger partial charge in [0.25, 0.3) is 0 Å². The van der Waals surface area contributed by atoms with Gasteiger partial charge in [-0.1, -0.05) is 86.0 Å². The molecule has 0 heterocycles. The molecular formula is C32H40. The van der Waals surface area contributed by atoms with E-state index in [9.17, 15) is 0 Å². The minimum absolute atomic E-state index is 0.765. The third-order valence-electron chi connectivity index (χ3n) is 7.64. The molecule has 1 saturated carbocycles. The number of hydrogen-bond donors (Lipinski definition) is 0. The largest absolute Gasteiger partial charge is 0.0625 e. The lowest BCUT2D eigenvalue weighted by molar-refractivity contribution is 0.347. The van der Waals surface area contributed by atoms with E-state index in [1.807, 2.05) is 0 Å². The zero-order valence-electron chi connectivity index (χ0n) is 20.6. The number of hydrogen-bond acceptors (Lipinski definition) is 0. The predicted molar refractivity (Wildman–Crippen MR) is 140 cm³/mol. The van der Waals surface area contributed by atoms with Crippen LogP contribution >= 0.6 is 0 Å². The van der Waals surface area contributed by atoms with Crippen molar-refractivity contribution in [3.05, 3.63) is 94.0 Å². The van der Waals surface area contributed by atoms with Gasteiger partial charge in [0, 0.05) is 0 Å². The molecule has 0 amide bonds. The van der Waals surface area contributed by atoms with Crippen molar-refractivity contribution in [1.82, 2.24) is 0 Å². The Morgan fingerprint density at radius 3 is 1.81 bits per heavy atom. The second-order valence-electron chi connectivity index (χ2n) is 10.4. The zero-order valence-corrected chi connectivity index (χ0v) is 20.6. The SMILES string of the molecule is Cc1ccc(CCCCc2ccc(-c3cc(C)c(C4CCC(C)CC4)cc3C)cc2)cc1. The molecule has 0 aromatic heterocycles. The highest BCUT2D eigenvalue weighted by molar-refractivity contribution is 5.69. The van der Waals surface area contributed by atoms with E-state index in [0.717, 1.165) is 11.8 Å². The molecule has 0 saturated heterocycles. The molecule has 0 heteroatoms. The Balaban J connectivity index is 1.36. The van der Waals surface area contributed by atoms with Crippen LogP contribution in [0.25, 0.3) is 11.1 Å². The first-order chi connectivity index (χ1) is 15.5. The minimum Gasteiger partial charge on any atom is -0.0625 e. The zero-order chi connectivity index (χ0) is 22.5. The van der Waals surface area contributed by atoms with Crippen LogP contribution in [0.4, 0.5) is 0 Å². The summed E-state index contributed by atoms with van der Waals surface area (Å²) >= 11 is 0. The van der Waals surface area contributed by atoms with Crippen LogP contribution < -0.4 is 0 Å². The van der Waals surface area contributed by atoms with E-state index in [2.05, 4.69) is 88.4 Å². The molecule has 168 valence electrons. The molecule has 1 fully saturated rings. The summed E-state index contributed by atoms with van der Waals surface area (Å²) in [4.78, 5) is 0. The molecule has 0 N–H and O–H groups in total. The average molecular weight is 425 g/mol. The number of rotatable bonds is 7. The molecule has 0 radical (unpaired) electrons. The molecule has 3 aromatic carbocycles. The Labute approximate surface area is 196 Å². The molecule has 0 spiro atoms. The van der Waals surface area contributed by atoms with Gasteiger partial charge in [0.1, 0.15) is 0 Å². The quantitative estimate of drug-likeness (QED) is 0.332. The fourth-order valence-corrected chi connectivity index (χ4v) is 5.42. The lowest BCUT2D eigenvalue weighted by Gasteiger charge is -2.28. The Bertz CT molecular complexity index is 999. The highest BCUT2D eigenvalue weighted by Gasteiger charge is 2.21. The molecule has 4 rings (SSSR count). The van der Waals surface area contributed by atoms with E-state index in [-0.39, 0.29) is 0 Å². The minimum atomic E-state index is 0.765. The van der Waals surface area contributed by atoms with Crippen LogP contribution in [-0.4, -0.2) is 0 Å². The Hall–Kier alpha value is -2.34. The molecule has 0 atom stereocenters. The van der Waals surface area contributed by atoms with Crippen LogP contribution in [0.3, 0.4) is 0 Å². The standard InChI is InChI=1S/C32H40/c1-23-9-13-27(14-10-23)7-5-6-8-28-15-19-30(20-16-28)32-22-25(3)31(21-26(32)4)29-17-11-24(2)12-18-29/h9-10,13-16,19-22,24,29H,5-8,11-12,17-18H2,1-4H3. The summed E-state index contributed by atoms with van der Waals surface area (Å²) in [7, 11) is 0. The molecular weight excluding hydrogens is 384 g/mol. The molecule has 0 aliphatic heterocycles. The van der Waals surface area contributed by atoms with Crippen molar-refractivity contribution in [3.63, 3.8) is 0 Å². The fourth-order valence-electron chi connectivity index (χ4n) is 5.42. The summed E-state index contributed by atoms with van der Waals surface area (Å²) in [6, 6.07) is 23.3. The Kier molecular flexibility index (Phi) is 7.51. The average Bonchev–Trinajstić information content (AvgIpc) is 2.80. The molecule has 1 aliphatic rings. The summed E-state index contributed by atoms with van der Waals surface area (Å²) in [5, 5.41) is 0. The maximum Gasteiger partial charge on any atom is -0.0152 e. The van der Waals surface area contributed by atoms with Crippen molar-refractivity contribution in [1.29, 1.82) is 0 Å². The number of unbranched alkanes of at least 4 members (excludes halogenated alkanes) is 1. The van der Waals surface area contributed by atoms with Crippen molar-refractivity contribution in [2.45, 2.75) is 85.0 Å². The molecule has 0 nitrogen and oxygen atoms in total. The lowest BCUT2D eigenvalue weighted by Crippen LogP contribution is -2.12. The van der Waals surface area contributed by atoms with Gasteiger partial charge in [-0.3, -0.25) is 0 Å². The van der Waals surface area contributed by atoms with Crippen molar-refractivity contribution in [2.75, 3.05) is 0 Å². The first kappa shape index (κ1) is 22.8. The van der Waals surface area contributed by atoms with Crippen LogP contribution in [0.2, 0.25) is 0 Å². The van der Waals surface area contributed by atoms with E-state index < -0.39 is 0 Å². The Morgan fingerprint density at radius 2 is 1.22 bits per heavy atom. The summed E-state index contributed by atoms with van der Waals surface area (Å²) in [5.41, 5.74) is 11.5. The summed E-state index contributed by atoms with van der Waals surface area (Å²) < 4.78 is 0. The van der Waals surface area contributed by atoms with E-state index in [1.165, 1.54) is 90.3 Å². The van der Waals surface area contributed by atoms with Gasteiger partial charge < -0.3 is 0 Å². The first-order valence-corrected chi connectivity index (χ1v) is 12.8. The van der Waals surface area contributed by atoms with E-state index in [4.69, 9.17) is 0 Å². The number of aryl methyl sites for hydroxylation is 5. The monoisotopic (exact) mass is 424 g/mol. The molecule has 3 aromatic rings. The van der Waals surface area contributed by atoms with Crippen molar-refractivity contribution < 1.29 is 0 Å². The highest BCUT2D eigenvalue weighted by atomic mass is 14.3. The normalized spacial score (nSPS) is 18.6. The third-order valence-corrected chi connectivity index (χ3v) is 7.64. The molecule has 0 unspecified atom stereocenters. The van der Waals surface area contributed by atoms with Crippen LogP contribution in [0.1, 0.15) is 84.7 Å². The molecule has 0 bridgehead atoms. The topological polar surface area (TPSA) is 0 Å². The van der Waals surface area contributed by atoms with Crippen LogP contribution in [-0.2, 0) is 12.8 Å². The maximum absolute atomic E-state index is 2.49. The first-order valence-electron chi connectivity index (χ1n) is 12.8. The van der Waals surface area contributed by atoms with Gasteiger partial charge in [-0.25, -0.2) is 0 Å². The van der Waals surface area contributed by atoms with Gasteiger partial charge in [-0.05, 0) is 110 Å². The van der Waals surface area contributed by atoms with Gasteiger partial charge in [0.2, 0.25) is 0 Å². The van der Waals surface area contributed by atoms with Gasteiger partial charge in [-0.15, -0.1) is 0 Å². The highest BCUT2D eigenvalue weighted by Crippen LogP contribution is 2.39. The third kappa shape index (κ3) is 5.71. The lowest BCUT2D eigenvalue weighted by atomic mass is 9.77.